The topological polar surface area (TPSA) is 60.9 Å². The average molecular weight is 333 g/mol. The van der Waals surface area contributed by atoms with Gasteiger partial charge < -0.3 is 10.0 Å². The van der Waals surface area contributed by atoms with E-state index in [1.54, 1.807) is 13.0 Å². The van der Waals surface area contributed by atoms with Gasteiger partial charge in [0.15, 0.2) is 0 Å². The molecule has 0 spiro atoms. The molecule has 1 fully saturated rings. The van der Waals surface area contributed by atoms with E-state index in [1.807, 2.05) is 0 Å². The quantitative estimate of drug-likeness (QED) is 0.907. The number of hydrogen-bond donors (Lipinski definition) is 1. The second-order valence-corrected chi connectivity index (χ2v) is 7.53. The Labute approximate surface area is 131 Å². The molecule has 0 bridgehead atoms. The van der Waals surface area contributed by atoms with E-state index in [2.05, 4.69) is 11.8 Å². The third kappa shape index (κ3) is 3.40. The molecule has 0 amide bonds. The molecule has 7 heteroatoms. The maximum absolute atomic E-state index is 12.8. The van der Waals surface area contributed by atoms with Gasteiger partial charge in [0.05, 0.1) is 11.5 Å². The first-order chi connectivity index (χ1) is 9.90. The zero-order valence-corrected chi connectivity index (χ0v) is 13.9. The lowest BCUT2D eigenvalue weighted by atomic mass is 10.1. The summed E-state index contributed by atoms with van der Waals surface area (Å²) < 4.78 is 27.1. The lowest BCUT2D eigenvalue weighted by molar-refractivity contribution is 0.196. The molecule has 1 N–H and O–H groups in total. The number of aliphatic hydroxyl groups is 1. The van der Waals surface area contributed by atoms with Crippen LogP contribution in [-0.2, 0) is 16.6 Å². The van der Waals surface area contributed by atoms with Crippen molar-refractivity contribution in [1.29, 1.82) is 0 Å². The highest BCUT2D eigenvalue weighted by Crippen LogP contribution is 2.27. The summed E-state index contributed by atoms with van der Waals surface area (Å²) in [6.07, 6.45) is 0. The summed E-state index contributed by atoms with van der Waals surface area (Å²) >= 11 is 5.99. The Morgan fingerprint density at radius 2 is 1.86 bits per heavy atom. The summed E-state index contributed by atoms with van der Waals surface area (Å²) in [4.78, 5) is 2.42. The fraction of sp³-hybridized carbons (Fsp3) is 0.571. The first-order valence-corrected chi connectivity index (χ1v) is 8.84. The van der Waals surface area contributed by atoms with E-state index in [9.17, 15) is 13.5 Å². The third-order valence-corrected chi connectivity index (χ3v) is 6.24. The Bertz CT molecular complexity index is 611. The predicted molar refractivity (Wildman–Crippen MR) is 83.0 cm³/mol. The van der Waals surface area contributed by atoms with Crippen molar-refractivity contribution < 1.29 is 13.5 Å². The molecule has 0 atom stereocenters. The minimum Gasteiger partial charge on any atom is -0.392 e. The largest absolute Gasteiger partial charge is 0.392 e. The standard InChI is InChI=1S/C14H21ClN2O3S/c1-3-16-4-6-17(7-5-16)21(19,20)14-9-13(15)8-12(10-18)11(14)2/h8-9,18H,3-7,10H2,1-2H3. The van der Waals surface area contributed by atoms with Crippen LogP contribution in [0, 0.1) is 6.92 Å². The van der Waals surface area contributed by atoms with Gasteiger partial charge in [0.25, 0.3) is 0 Å². The fourth-order valence-electron chi connectivity index (χ4n) is 2.57. The van der Waals surface area contributed by atoms with Gasteiger partial charge in [-0.25, -0.2) is 8.42 Å². The molecule has 1 aromatic carbocycles. The molecule has 1 aromatic rings. The van der Waals surface area contributed by atoms with Crippen molar-refractivity contribution in [2.45, 2.75) is 25.3 Å². The Balaban J connectivity index is 2.34. The van der Waals surface area contributed by atoms with Gasteiger partial charge in [-0.3, -0.25) is 0 Å². The smallest absolute Gasteiger partial charge is 0.243 e. The van der Waals surface area contributed by atoms with Crippen LogP contribution < -0.4 is 0 Å². The second kappa shape index (κ2) is 6.62. The van der Waals surface area contributed by atoms with Gasteiger partial charge in [-0.15, -0.1) is 0 Å². The van der Waals surface area contributed by atoms with Crippen LogP contribution >= 0.6 is 11.6 Å². The van der Waals surface area contributed by atoms with Gasteiger partial charge in [-0.2, -0.15) is 4.31 Å². The molecular formula is C14H21ClN2O3S. The lowest BCUT2D eigenvalue weighted by Crippen LogP contribution is -2.48. The molecular weight excluding hydrogens is 312 g/mol. The Morgan fingerprint density at radius 1 is 1.24 bits per heavy atom. The van der Waals surface area contributed by atoms with Crippen molar-refractivity contribution in [3.63, 3.8) is 0 Å². The van der Waals surface area contributed by atoms with Crippen LogP contribution in [0.15, 0.2) is 17.0 Å². The van der Waals surface area contributed by atoms with Gasteiger partial charge >= 0.3 is 0 Å². The summed E-state index contributed by atoms with van der Waals surface area (Å²) in [5.74, 6) is 0. The van der Waals surface area contributed by atoms with Crippen LogP contribution in [0.2, 0.25) is 5.02 Å². The zero-order chi connectivity index (χ0) is 15.6. The summed E-state index contributed by atoms with van der Waals surface area (Å²) in [6, 6.07) is 3.07. The molecule has 1 aliphatic heterocycles. The van der Waals surface area contributed by atoms with E-state index in [4.69, 9.17) is 11.6 Å². The number of hydrogen-bond acceptors (Lipinski definition) is 4. The molecule has 21 heavy (non-hydrogen) atoms. The predicted octanol–water partition coefficient (Wildman–Crippen LogP) is 1.47. The average Bonchev–Trinajstić information content (AvgIpc) is 2.49. The number of nitrogens with zero attached hydrogens (tertiary/aromatic N) is 2. The molecule has 2 rings (SSSR count). The number of piperazine rings is 1. The van der Waals surface area contributed by atoms with E-state index in [0.29, 0.717) is 29.2 Å². The van der Waals surface area contributed by atoms with Crippen LogP contribution in [0.5, 0.6) is 0 Å². The Hall–Kier alpha value is -0.660. The number of aliphatic hydroxyl groups excluding tert-OH is 1. The summed E-state index contributed by atoms with van der Waals surface area (Å²) in [6.45, 7) is 6.92. The van der Waals surface area contributed by atoms with Crippen molar-refractivity contribution in [1.82, 2.24) is 9.21 Å². The molecule has 0 radical (unpaired) electrons. The molecule has 0 unspecified atom stereocenters. The van der Waals surface area contributed by atoms with E-state index < -0.39 is 10.0 Å². The summed E-state index contributed by atoms with van der Waals surface area (Å²) in [5, 5.41) is 9.67. The van der Waals surface area contributed by atoms with Gasteiger partial charge in [-0.1, -0.05) is 18.5 Å². The minimum atomic E-state index is -3.57. The van der Waals surface area contributed by atoms with E-state index >= 15 is 0 Å². The normalized spacial score (nSPS) is 18.1. The van der Waals surface area contributed by atoms with E-state index in [0.717, 1.165) is 19.6 Å². The van der Waals surface area contributed by atoms with E-state index in [1.165, 1.54) is 10.4 Å². The van der Waals surface area contributed by atoms with Crippen LogP contribution in [-0.4, -0.2) is 55.5 Å². The second-order valence-electron chi connectivity index (χ2n) is 5.18. The number of benzene rings is 1. The maximum Gasteiger partial charge on any atom is 0.243 e. The van der Waals surface area contributed by atoms with Gasteiger partial charge in [0.1, 0.15) is 0 Å². The zero-order valence-electron chi connectivity index (χ0n) is 12.3. The van der Waals surface area contributed by atoms with Crippen LogP contribution in [0.3, 0.4) is 0 Å². The molecule has 1 saturated heterocycles. The highest BCUT2D eigenvalue weighted by atomic mass is 35.5. The minimum absolute atomic E-state index is 0.198. The Morgan fingerprint density at radius 3 is 2.38 bits per heavy atom. The van der Waals surface area contributed by atoms with Crippen molar-refractivity contribution >= 4 is 21.6 Å². The fourth-order valence-corrected chi connectivity index (χ4v) is 4.59. The molecule has 1 heterocycles. The number of sulfonamides is 1. The molecule has 118 valence electrons. The van der Waals surface area contributed by atoms with Crippen LogP contribution in [0.4, 0.5) is 0 Å². The first kappa shape index (κ1) is 16.7. The van der Waals surface area contributed by atoms with Crippen molar-refractivity contribution in [2.75, 3.05) is 32.7 Å². The van der Waals surface area contributed by atoms with Crippen LogP contribution in [0.1, 0.15) is 18.1 Å². The molecule has 0 aromatic heterocycles. The monoisotopic (exact) mass is 332 g/mol. The third-order valence-electron chi connectivity index (χ3n) is 4.00. The van der Waals surface area contributed by atoms with Gasteiger partial charge in [0, 0.05) is 31.2 Å². The van der Waals surface area contributed by atoms with Crippen molar-refractivity contribution in [3.8, 4) is 0 Å². The van der Waals surface area contributed by atoms with Gasteiger partial charge in [-0.05, 0) is 36.7 Å². The number of rotatable bonds is 4. The molecule has 1 aliphatic rings. The molecule has 0 aliphatic carbocycles. The SMILES string of the molecule is CCN1CCN(S(=O)(=O)c2cc(Cl)cc(CO)c2C)CC1. The molecule has 0 saturated carbocycles. The summed E-state index contributed by atoms with van der Waals surface area (Å²) in [7, 11) is -3.57. The number of halogens is 1. The molecule has 5 nitrogen and oxygen atoms in total. The first-order valence-electron chi connectivity index (χ1n) is 7.02. The van der Waals surface area contributed by atoms with Gasteiger partial charge in [0.2, 0.25) is 10.0 Å². The number of likely N-dealkylation sites (N-methyl/N-ethyl adjacent to an activating group) is 1. The lowest BCUT2D eigenvalue weighted by Gasteiger charge is -2.33. The highest BCUT2D eigenvalue weighted by molar-refractivity contribution is 7.89. The van der Waals surface area contributed by atoms with Crippen molar-refractivity contribution in [3.05, 3.63) is 28.3 Å². The van der Waals surface area contributed by atoms with Crippen molar-refractivity contribution in [2.24, 2.45) is 0 Å². The summed E-state index contributed by atoms with van der Waals surface area (Å²) in [5.41, 5.74) is 1.12. The highest BCUT2D eigenvalue weighted by Gasteiger charge is 2.30. The van der Waals surface area contributed by atoms with Crippen LogP contribution in [0.25, 0.3) is 0 Å². The maximum atomic E-state index is 12.8. The van der Waals surface area contributed by atoms with E-state index in [-0.39, 0.29) is 11.5 Å². The Kier molecular flexibility index (Phi) is 5.27.